The molecule has 0 N–H and O–H groups in total. The molecule has 0 bridgehead atoms. The molecule has 0 nitrogen and oxygen atoms in total. The van der Waals surface area contributed by atoms with Crippen LogP contribution >= 0.6 is 24.8 Å². The molecule has 0 amide bonds. The van der Waals surface area contributed by atoms with E-state index in [1.54, 1.807) is 35.4 Å². The van der Waals surface area contributed by atoms with Gasteiger partial charge in [0.15, 0.2) is 0 Å². The van der Waals surface area contributed by atoms with Crippen molar-refractivity contribution < 1.29 is 17.4 Å². The van der Waals surface area contributed by atoms with Crippen molar-refractivity contribution in [3.8, 4) is 0 Å². The van der Waals surface area contributed by atoms with Crippen LogP contribution in [-0.2, 0) is 17.4 Å². The molecule has 0 saturated heterocycles. The van der Waals surface area contributed by atoms with Crippen LogP contribution in [0.3, 0.4) is 0 Å². The van der Waals surface area contributed by atoms with Crippen molar-refractivity contribution in [1.82, 2.24) is 0 Å². The van der Waals surface area contributed by atoms with Crippen molar-refractivity contribution in [1.29, 1.82) is 0 Å². The van der Waals surface area contributed by atoms with Gasteiger partial charge < -0.3 is 0 Å². The van der Waals surface area contributed by atoms with Gasteiger partial charge in [-0.1, -0.05) is 0 Å². The Morgan fingerprint density at radius 1 is 0.529 bits per heavy atom. The van der Waals surface area contributed by atoms with Gasteiger partial charge in [0.1, 0.15) is 0 Å². The van der Waals surface area contributed by atoms with Gasteiger partial charge in [0.2, 0.25) is 0 Å². The fraction of sp³-hybridized carbons (Fsp3) is 0.333. The van der Waals surface area contributed by atoms with Crippen LogP contribution in [0.5, 0.6) is 0 Å². The largest absolute Gasteiger partial charge is 0.147 e. The molecule has 34 heavy (non-hydrogen) atoms. The van der Waals surface area contributed by atoms with E-state index in [4.69, 9.17) is 0 Å². The van der Waals surface area contributed by atoms with E-state index in [0.29, 0.717) is 11.8 Å². The van der Waals surface area contributed by atoms with Gasteiger partial charge in [0, 0.05) is 0 Å². The minimum Gasteiger partial charge on any atom is -0.147 e. The summed E-state index contributed by atoms with van der Waals surface area (Å²) in [5, 5.41) is 0. The van der Waals surface area contributed by atoms with Crippen molar-refractivity contribution in [3.63, 3.8) is 0 Å². The summed E-state index contributed by atoms with van der Waals surface area (Å²) < 4.78 is 6.71. The van der Waals surface area contributed by atoms with E-state index >= 15 is 0 Å². The molecule has 2 aromatic rings. The third-order valence-electron chi connectivity index (χ3n) is 9.29. The van der Waals surface area contributed by atoms with Gasteiger partial charge in [0.05, 0.1) is 0 Å². The molecule has 4 rings (SSSR count). The number of halogens is 2. The molecular formula is C30H40Cl2SiZr. The summed E-state index contributed by atoms with van der Waals surface area (Å²) in [5.41, 5.74) is 9.24. The van der Waals surface area contributed by atoms with Gasteiger partial charge in [-0.05, 0) is 0 Å². The smallest absolute Gasteiger partial charge is 0.147 e. The number of benzene rings is 2. The Bertz CT molecular complexity index is 1190. The average Bonchev–Trinajstić information content (AvgIpc) is 3.13. The maximum atomic E-state index is 2.47. The second-order valence-corrected chi connectivity index (χ2v) is 31.3. The monoisotopic (exact) mass is 588 g/mol. The molecule has 0 saturated carbocycles. The topological polar surface area (TPSA) is 0 Å². The van der Waals surface area contributed by atoms with Crippen LogP contribution in [0.4, 0.5) is 0 Å². The Morgan fingerprint density at radius 3 is 1.06 bits per heavy atom. The molecule has 2 unspecified atom stereocenters. The Labute approximate surface area is 222 Å². The third-order valence-corrected chi connectivity index (χ3v) is 36.3. The van der Waals surface area contributed by atoms with E-state index in [0.717, 1.165) is 0 Å². The first kappa shape index (κ1) is 29.3. The quantitative estimate of drug-likeness (QED) is 0.330. The zero-order valence-electron chi connectivity index (χ0n) is 22.0. The summed E-state index contributed by atoms with van der Waals surface area (Å²) in [7, 11) is 0. The predicted octanol–water partition coefficient (Wildman–Crippen LogP) is 7.24. The van der Waals surface area contributed by atoms with E-state index in [-0.39, 0.29) is 24.8 Å². The summed E-state index contributed by atoms with van der Waals surface area (Å²) in [5.74, 6) is 0.958. The summed E-state index contributed by atoms with van der Waals surface area (Å²) >= 11 is -4.24. The third kappa shape index (κ3) is 3.71. The molecule has 2 atom stereocenters. The molecule has 4 heteroatoms. The normalized spacial score (nSPS) is 21.2. The molecule has 182 valence electrons. The van der Waals surface area contributed by atoms with Crippen molar-refractivity contribution in [3.05, 3.63) is 101 Å². The van der Waals surface area contributed by atoms with Gasteiger partial charge in [-0.2, -0.15) is 0 Å². The molecule has 0 fully saturated rings. The molecular weight excluding hydrogens is 551 g/mol. The standard InChI is InChI=1S/2C9H13.2C6H5.2ClH.H2Si.Zr/c2*1-6-5-7(2)9(4)8(6)3;2*1-2-4-6-5-3-1;;;;/h2*6H,1-4H3;2*1-5H;2*1H;1H2;. The van der Waals surface area contributed by atoms with Crippen LogP contribution in [0.15, 0.2) is 101 Å². The maximum Gasteiger partial charge on any atom is -0.147 e. The molecule has 0 heterocycles. The van der Waals surface area contributed by atoms with Crippen molar-refractivity contribution in [2.24, 2.45) is 11.8 Å². The van der Waals surface area contributed by atoms with Gasteiger partial charge in [-0.15, -0.1) is 24.8 Å². The summed E-state index contributed by atoms with van der Waals surface area (Å²) in [6, 6.07) is 23.3. The average molecular weight is 591 g/mol. The Hall–Kier alpha value is -0.920. The Kier molecular flexibility index (Phi) is 8.81. The van der Waals surface area contributed by atoms with Crippen LogP contribution in [0, 0.1) is 11.8 Å². The number of rotatable bonds is 4. The molecule has 0 radical (unpaired) electrons. The van der Waals surface area contributed by atoms with Crippen LogP contribution in [0.2, 0.25) is 0 Å². The van der Waals surface area contributed by atoms with Gasteiger partial charge in [0.25, 0.3) is 0 Å². The van der Waals surface area contributed by atoms with Gasteiger partial charge in [-0.3, -0.25) is 0 Å². The van der Waals surface area contributed by atoms with E-state index < -0.39 is 17.4 Å². The SMILES string of the molecule is CC1=C(C)C(C)[C]([Zr](=[SiH2])([C]2=C(C)C(C)=C(C)C2C)([c]2ccccc2)[c]2ccccc2)=C1C.Cl.Cl. The summed E-state index contributed by atoms with van der Waals surface area (Å²) in [6.07, 6.45) is 0. The fourth-order valence-electron chi connectivity index (χ4n) is 7.06. The van der Waals surface area contributed by atoms with E-state index in [2.05, 4.69) is 123 Å². The van der Waals surface area contributed by atoms with E-state index in [1.807, 2.05) is 0 Å². The minimum absolute atomic E-state index is 0. The second-order valence-electron chi connectivity index (χ2n) is 10.3. The molecule has 0 spiro atoms. The zero-order valence-corrected chi connectivity index (χ0v) is 27.5. The van der Waals surface area contributed by atoms with Crippen LogP contribution < -0.4 is 6.54 Å². The first-order valence-electron chi connectivity index (χ1n) is 12.0. The number of hydrogen-bond acceptors (Lipinski definition) is 0. The van der Waals surface area contributed by atoms with E-state index in [1.165, 1.54) is 11.1 Å². The molecule has 2 aliphatic carbocycles. The first-order valence-corrected chi connectivity index (χ1v) is 22.8. The second kappa shape index (κ2) is 10.2. The Balaban J connectivity index is 0.00000204. The van der Waals surface area contributed by atoms with Crippen molar-refractivity contribution in [2.45, 2.75) is 55.4 Å². The molecule has 0 aromatic heterocycles. The van der Waals surface area contributed by atoms with Crippen molar-refractivity contribution in [2.75, 3.05) is 0 Å². The van der Waals surface area contributed by atoms with Crippen LogP contribution in [-0.4, -0.2) is 6.88 Å². The Morgan fingerprint density at radius 2 is 0.824 bits per heavy atom. The minimum atomic E-state index is -4.24. The van der Waals surface area contributed by atoms with Gasteiger partial charge in [-0.25, -0.2) is 0 Å². The van der Waals surface area contributed by atoms with Crippen molar-refractivity contribution >= 4 is 38.2 Å². The molecule has 0 aliphatic heterocycles. The molecule has 2 aromatic carbocycles. The number of allylic oxidation sites excluding steroid dienone is 8. The fourth-order valence-corrected chi connectivity index (χ4v) is 36.5. The summed E-state index contributed by atoms with van der Waals surface area (Å²) in [4.78, 5) is 0. The van der Waals surface area contributed by atoms with Crippen LogP contribution in [0.1, 0.15) is 55.4 Å². The maximum absolute atomic E-state index is 4.24. The summed E-state index contributed by atoms with van der Waals surface area (Å²) in [6.45, 7) is 21.6. The number of hydrogen-bond donors (Lipinski definition) is 0. The van der Waals surface area contributed by atoms with Crippen LogP contribution in [0.25, 0.3) is 0 Å². The predicted molar refractivity (Wildman–Crippen MR) is 156 cm³/mol. The van der Waals surface area contributed by atoms with E-state index in [9.17, 15) is 0 Å². The zero-order chi connectivity index (χ0) is 23.4. The van der Waals surface area contributed by atoms with Gasteiger partial charge >= 0.3 is 199 Å². The molecule has 2 aliphatic rings. The first-order chi connectivity index (χ1) is 15.1.